The molecular weight excluding hydrogens is 216 g/mol. The zero-order valence-electron chi connectivity index (χ0n) is 9.42. The monoisotopic (exact) mass is 228 g/mol. The predicted molar refractivity (Wildman–Crippen MR) is 63.3 cm³/mol. The van der Waals surface area contributed by atoms with Crippen LogP contribution < -0.4 is 5.73 Å². The van der Waals surface area contributed by atoms with E-state index in [1.54, 1.807) is 10.8 Å². The van der Waals surface area contributed by atoms with Crippen LogP contribution in [0.1, 0.15) is 11.4 Å². The van der Waals surface area contributed by atoms with Gasteiger partial charge in [0.25, 0.3) is 0 Å². The SMILES string of the molecule is Cc1nc2ccc(-c3ccco3)nn2c1CN. The van der Waals surface area contributed by atoms with Crippen molar-refractivity contribution in [1.29, 1.82) is 0 Å². The molecule has 0 aliphatic rings. The van der Waals surface area contributed by atoms with Crippen molar-refractivity contribution in [1.82, 2.24) is 14.6 Å². The molecule has 3 aromatic rings. The van der Waals surface area contributed by atoms with E-state index < -0.39 is 0 Å². The van der Waals surface area contributed by atoms with Crippen molar-refractivity contribution in [2.45, 2.75) is 13.5 Å². The standard InChI is InChI=1S/C12H12N4O/c1-8-10(7-13)16-12(14-8)5-4-9(15-16)11-3-2-6-17-11/h2-6H,7,13H2,1H3. The lowest BCUT2D eigenvalue weighted by molar-refractivity contribution is 0.578. The van der Waals surface area contributed by atoms with E-state index in [1.165, 1.54) is 0 Å². The van der Waals surface area contributed by atoms with Crippen molar-refractivity contribution in [2.24, 2.45) is 5.73 Å². The second-order valence-electron chi connectivity index (χ2n) is 3.81. The number of rotatable bonds is 2. The highest BCUT2D eigenvalue weighted by molar-refractivity contribution is 5.54. The minimum absolute atomic E-state index is 0.418. The summed E-state index contributed by atoms with van der Waals surface area (Å²) in [5.74, 6) is 0.737. The van der Waals surface area contributed by atoms with Crippen molar-refractivity contribution >= 4 is 5.65 Å². The Hall–Kier alpha value is -2.14. The van der Waals surface area contributed by atoms with E-state index in [2.05, 4.69) is 10.1 Å². The van der Waals surface area contributed by atoms with Gasteiger partial charge in [0, 0.05) is 6.54 Å². The Kier molecular flexibility index (Phi) is 2.19. The van der Waals surface area contributed by atoms with E-state index in [9.17, 15) is 0 Å². The Bertz CT molecular complexity index is 655. The molecule has 0 aliphatic heterocycles. The van der Waals surface area contributed by atoms with E-state index in [0.29, 0.717) is 6.54 Å². The normalized spacial score (nSPS) is 11.2. The van der Waals surface area contributed by atoms with Crippen LogP contribution in [0.3, 0.4) is 0 Å². The van der Waals surface area contributed by atoms with Gasteiger partial charge in [0.1, 0.15) is 5.69 Å². The van der Waals surface area contributed by atoms with Gasteiger partial charge in [0.05, 0.1) is 17.7 Å². The van der Waals surface area contributed by atoms with Gasteiger partial charge in [-0.3, -0.25) is 0 Å². The third kappa shape index (κ3) is 1.52. The van der Waals surface area contributed by atoms with E-state index in [4.69, 9.17) is 10.2 Å². The lowest BCUT2D eigenvalue weighted by atomic mass is 10.3. The third-order valence-electron chi connectivity index (χ3n) is 2.74. The summed E-state index contributed by atoms with van der Waals surface area (Å²) in [4.78, 5) is 4.40. The molecule has 0 atom stereocenters. The van der Waals surface area contributed by atoms with Gasteiger partial charge in [-0.2, -0.15) is 5.10 Å². The lowest BCUT2D eigenvalue weighted by Crippen LogP contribution is -2.05. The van der Waals surface area contributed by atoms with E-state index in [0.717, 1.165) is 28.5 Å². The first kappa shape index (κ1) is 10.0. The number of furan rings is 1. The maximum absolute atomic E-state index is 5.71. The molecule has 5 nitrogen and oxygen atoms in total. The van der Waals surface area contributed by atoms with E-state index in [1.807, 2.05) is 31.2 Å². The molecule has 0 saturated heterocycles. The molecule has 3 rings (SSSR count). The minimum atomic E-state index is 0.418. The van der Waals surface area contributed by atoms with Crippen molar-refractivity contribution in [3.8, 4) is 11.5 Å². The fraction of sp³-hybridized carbons (Fsp3) is 0.167. The second-order valence-corrected chi connectivity index (χ2v) is 3.81. The summed E-state index contributed by atoms with van der Waals surface area (Å²) in [6.07, 6.45) is 1.63. The smallest absolute Gasteiger partial charge is 0.154 e. The van der Waals surface area contributed by atoms with Crippen LogP contribution in [0.25, 0.3) is 17.1 Å². The average Bonchev–Trinajstić information content (AvgIpc) is 2.93. The number of imidazole rings is 1. The number of hydrogen-bond acceptors (Lipinski definition) is 4. The summed E-state index contributed by atoms with van der Waals surface area (Å²) < 4.78 is 7.09. The number of aromatic nitrogens is 3. The molecule has 0 spiro atoms. The summed E-state index contributed by atoms with van der Waals surface area (Å²) >= 11 is 0. The number of fused-ring (bicyclic) bond motifs is 1. The molecule has 0 fully saturated rings. The van der Waals surface area contributed by atoms with Crippen LogP contribution in [0.15, 0.2) is 34.9 Å². The van der Waals surface area contributed by atoms with Gasteiger partial charge in [0.2, 0.25) is 0 Å². The third-order valence-corrected chi connectivity index (χ3v) is 2.74. The summed E-state index contributed by atoms with van der Waals surface area (Å²) in [5, 5.41) is 4.49. The molecule has 0 saturated carbocycles. The number of nitrogens with zero attached hydrogens (tertiary/aromatic N) is 3. The van der Waals surface area contributed by atoms with Crippen molar-refractivity contribution < 1.29 is 4.42 Å². The summed E-state index contributed by atoms with van der Waals surface area (Å²) in [7, 11) is 0. The Morgan fingerprint density at radius 1 is 1.35 bits per heavy atom. The van der Waals surface area contributed by atoms with Gasteiger partial charge in [-0.25, -0.2) is 9.50 Å². The fourth-order valence-corrected chi connectivity index (χ4v) is 1.88. The summed E-state index contributed by atoms with van der Waals surface area (Å²) in [6, 6.07) is 7.52. The first-order valence-electron chi connectivity index (χ1n) is 5.39. The first-order chi connectivity index (χ1) is 8.29. The molecule has 86 valence electrons. The molecule has 5 heteroatoms. The molecule has 0 aliphatic carbocycles. The van der Waals surface area contributed by atoms with Crippen molar-refractivity contribution in [3.63, 3.8) is 0 Å². The van der Waals surface area contributed by atoms with E-state index in [-0.39, 0.29) is 0 Å². The van der Waals surface area contributed by atoms with E-state index >= 15 is 0 Å². The zero-order chi connectivity index (χ0) is 11.8. The van der Waals surface area contributed by atoms with Crippen LogP contribution in [0.2, 0.25) is 0 Å². The average molecular weight is 228 g/mol. The molecule has 0 amide bonds. The Labute approximate surface area is 97.9 Å². The van der Waals surface area contributed by atoms with Gasteiger partial charge in [-0.1, -0.05) is 0 Å². The van der Waals surface area contributed by atoms with Gasteiger partial charge >= 0.3 is 0 Å². The quantitative estimate of drug-likeness (QED) is 0.725. The first-order valence-corrected chi connectivity index (χ1v) is 5.39. The highest BCUT2D eigenvalue weighted by atomic mass is 16.3. The second kappa shape index (κ2) is 3.71. The largest absolute Gasteiger partial charge is 0.463 e. The maximum atomic E-state index is 5.71. The Morgan fingerprint density at radius 3 is 2.94 bits per heavy atom. The van der Waals surface area contributed by atoms with Crippen LogP contribution in [0.4, 0.5) is 0 Å². The Morgan fingerprint density at radius 2 is 2.24 bits per heavy atom. The van der Waals surface area contributed by atoms with Crippen molar-refractivity contribution in [2.75, 3.05) is 0 Å². The minimum Gasteiger partial charge on any atom is -0.463 e. The fourth-order valence-electron chi connectivity index (χ4n) is 1.88. The highest BCUT2D eigenvalue weighted by Crippen LogP contribution is 2.19. The molecule has 0 radical (unpaired) electrons. The van der Waals surface area contributed by atoms with Crippen LogP contribution in [-0.4, -0.2) is 14.6 Å². The van der Waals surface area contributed by atoms with Gasteiger partial charge in [-0.05, 0) is 31.2 Å². The molecule has 0 bridgehead atoms. The summed E-state index contributed by atoms with van der Waals surface area (Å²) in [5.41, 5.74) is 9.12. The lowest BCUT2D eigenvalue weighted by Gasteiger charge is -2.00. The number of nitrogens with two attached hydrogens (primary N) is 1. The molecule has 0 unspecified atom stereocenters. The molecule has 17 heavy (non-hydrogen) atoms. The zero-order valence-corrected chi connectivity index (χ0v) is 9.42. The molecule has 2 N–H and O–H groups in total. The molecule has 3 aromatic heterocycles. The van der Waals surface area contributed by atoms with Crippen LogP contribution in [0, 0.1) is 6.92 Å². The van der Waals surface area contributed by atoms with Crippen LogP contribution in [0.5, 0.6) is 0 Å². The molecule has 3 heterocycles. The van der Waals surface area contributed by atoms with Crippen LogP contribution >= 0.6 is 0 Å². The predicted octanol–water partition coefficient (Wildman–Crippen LogP) is 1.76. The maximum Gasteiger partial charge on any atom is 0.154 e. The highest BCUT2D eigenvalue weighted by Gasteiger charge is 2.10. The molecular formula is C12H12N4O. The topological polar surface area (TPSA) is 69.3 Å². The Balaban J connectivity index is 2.24. The van der Waals surface area contributed by atoms with Crippen LogP contribution in [-0.2, 0) is 6.54 Å². The number of hydrogen-bond donors (Lipinski definition) is 1. The van der Waals surface area contributed by atoms with Gasteiger partial charge < -0.3 is 10.2 Å². The van der Waals surface area contributed by atoms with Crippen molar-refractivity contribution in [3.05, 3.63) is 41.9 Å². The summed E-state index contributed by atoms with van der Waals surface area (Å²) in [6.45, 7) is 2.35. The number of aryl methyl sites for hydroxylation is 1. The van der Waals surface area contributed by atoms with Gasteiger partial charge in [-0.15, -0.1) is 0 Å². The molecule has 0 aromatic carbocycles. The van der Waals surface area contributed by atoms with Gasteiger partial charge in [0.15, 0.2) is 11.4 Å².